The zero-order valence-electron chi connectivity index (χ0n) is 79.2. The first-order chi connectivity index (χ1) is 69.5. The number of amides is 5. The van der Waals surface area contributed by atoms with E-state index in [-0.39, 0.29) is 0 Å². The average Bonchev–Trinajstić information content (AvgIpc) is 0.760. The van der Waals surface area contributed by atoms with Crippen LogP contribution >= 0.6 is 0 Å². The molecule has 0 aromatic heterocycles. The molecule has 65 heteroatoms. The number of rotatable bonds is 38. The number of aliphatic hydroxyl groups is 32. The number of carbonyl (C=O) groups excluding carboxylic acids is 5. The molecule has 12 aliphatic heterocycles. The molecular weight excluding hydrogens is 2010 g/mol. The van der Waals surface area contributed by atoms with Gasteiger partial charge >= 0.3 is 0 Å². The maximum absolute atomic E-state index is 13.6. The molecule has 12 rings (SSSR count). The van der Waals surface area contributed by atoms with Crippen LogP contribution < -0.4 is 26.6 Å². The monoisotopic (exact) mass is 2150 g/mol. The van der Waals surface area contributed by atoms with Crippen molar-refractivity contribution in [2.45, 2.75) is 410 Å². The van der Waals surface area contributed by atoms with Gasteiger partial charge in [-0.25, -0.2) is 0 Å². The fourth-order valence-corrected chi connectivity index (χ4v) is 19.1. The molecule has 147 heavy (non-hydrogen) atoms. The summed E-state index contributed by atoms with van der Waals surface area (Å²) in [5.41, 5.74) is 0. The SMILES string of the molecule is CC(=O)N[C@@H]1[C@@H](O)[C@H](O[C@@H]2O[C@H](CO)[C@@H](O[C@@H]3O[C@H](CO[C@H]4O[C@H](CO)[C@@H](O)[C@H](O)[C@@H]4O[C@@H]4O[C@H](CO)[C@@H](O[C@@H]5O[C@H](CO)[C@H](O)[C@H](O[C@H]6O[C@H](CO)[C@H](O)[C@H](O)[C@H]6O)[C@H]5O)[C@H](O)[C@H]4NC(C)=O)[C@@H](O[C@@H]4O[C@H](CO)[C@@H](O)[C@H](O)[C@H]4NC(C)=O)[C@H](O[C@H]4O[C@H](CO)[C@@H](O)[C@H](O)[C@@H]4O[C@@H]4O[C@H](CO)[C@@H](O[C@@H]5O[C@H](CO)[C@H](O)[C@H](O)[C@H]5O)[C@H](O)[C@H]4NC(C)=O)[C@@H]3O)[C@H](O)[C@H]2NC(C)=O)[C@@H](CO[C@@H]2O[C@@H](C)[C@@H](O)[C@@H](O)[C@@H]2O)O[C@H]1O. The van der Waals surface area contributed by atoms with Crippen molar-refractivity contribution < 1.29 is 296 Å². The Kier molecular flexibility index (Phi) is 43.4. The first-order valence-electron chi connectivity index (χ1n) is 47.0. The molecule has 5 amide bonds. The van der Waals surface area contributed by atoms with E-state index in [9.17, 15) is 187 Å². The van der Waals surface area contributed by atoms with Gasteiger partial charge in [0, 0.05) is 34.6 Å². The van der Waals surface area contributed by atoms with E-state index in [4.69, 9.17) is 109 Å². The molecule has 0 spiro atoms. The van der Waals surface area contributed by atoms with E-state index in [2.05, 4.69) is 26.6 Å². The topological polar surface area (TPSA) is 1010 Å². The second-order valence-electron chi connectivity index (χ2n) is 37.3. The van der Waals surface area contributed by atoms with Gasteiger partial charge in [-0.05, 0) is 6.92 Å². The molecule has 850 valence electrons. The molecule has 60 atom stereocenters. The van der Waals surface area contributed by atoms with Gasteiger partial charge in [0.1, 0.15) is 287 Å². The van der Waals surface area contributed by atoms with E-state index in [0.717, 1.165) is 34.6 Å². The van der Waals surface area contributed by atoms with Gasteiger partial charge in [-0.3, -0.25) is 24.0 Å². The molecular formula is C82H137N5O60. The molecule has 0 radical (unpaired) electrons. The van der Waals surface area contributed by atoms with Crippen LogP contribution in [0, 0.1) is 0 Å². The Hall–Kier alpha value is -4.85. The molecule has 0 bridgehead atoms. The largest absolute Gasteiger partial charge is 0.394 e. The smallest absolute Gasteiger partial charge is 0.217 e. The van der Waals surface area contributed by atoms with Gasteiger partial charge in [-0.2, -0.15) is 0 Å². The van der Waals surface area contributed by atoms with Crippen molar-refractivity contribution in [1.29, 1.82) is 0 Å². The van der Waals surface area contributed by atoms with Crippen LogP contribution in [0.15, 0.2) is 0 Å². The Morgan fingerprint density at radius 3 is 0.816 bits per heavy atom. The van der Waals surface area contributed by atoms with Crippen molar-refractivity contribution in [3.8, 4) is 0 Å². The zero-order valence-corrected chi connectivity index (χ0v) is 79.2. The number of nitrogens with one attached hydrogen (secondary N) is 5. The predicted molar refractivity (Wildman–Crippen MR) is 452 cm³/mol. The van der Waals surface area contributed by atoms with E-state index in [1.807, 2.05) is 0 Å². The third kappa shape index (κ3) is 26.8. The molecule has 0 aliphatic carbocycles. The highest BCUT2D eigenvalue weighted by Crippen LogP contribution is 2.43. The van der Waals surface area contributed by atoms with Crippen molar-refractivity contribution in [3.63, 3.8) is 0 Å². The first kappa shape index (κ1) is 121. The summed E-state index contributed by atoms with van der Waals surface area (Å²) in [7, 11) is 0. The van der Waals surface area contributed by atoms with E-state index in [1.54, 1.807) is 0 Å². The molecule has 12 aliphatic rings. The second kappa shape index (κ2) is 52.8. The van der Waals surface area contributed by atoms with Crippen LogP contribution in [-0.2, 0) is 133 Å². The van der Waals surface area contributed by atoms with Gasteiger partial charge in [0.15, 0.2) is 75.5 Å². The summed E-state index contributed by atoms with van der Waals surface area (Å²) in [5, 5.41) is 375. The van der Waals surface area contributed by atoms with E-state index < -0.39 is 470 Å². The van der Waals surface area contributed by atoms with Gasteiger partial charge in [-0.15, -0.1) is 0 Å². The van der Waals surface area contributed by atoms with Gasteiger partial charge in [0.05, 0.1) is 78.8 Å². The lowest BCUT2D eigenvalue weighted by molar-refractivity contribution is -0.409. The minimum Gasteiger partial charge on any atom is -0.394 e. The van der Waals surface area contributed by atoms with Crippen LogP contribution in [0.5, 0.6) is 0 Å². The lowest BCUT2D eigenvalue weighted by atomic mass is 9.93. The molecule has 0 saturated carbocycles. The van der Waals surface area contributed by atoms with Crippen molar-refractivity contribution in [1.82, 2.24) is 26.6 Å². The number of hydrogen-bond donors (Lipinski definition) is 37. The second-order valence-corrected chi connectivity index (χ2v) is 37.3. The van der Waals surface area contributed by atoms with Crippen molar-refractivity contribution in [3.05, 3.63) is 0 Å². The number of hydrogen-bond acceptors (Lipinski definition) is 60. The van der Waals surface area contributed by atoms with E-state index >= 15 is 0 Å². The van der Waals surface area contributed by atoms with Crippen molar-refractivity contribution in [2.24, 2.45) is 0 Å². The summed E-state index contributed by atoms with van der Waals surface area (Å²) in [4.78, 5) is 66.3. The fourth-order valence-electron chi connectivity index (χ4n) is 19.1. The Morgan fingerprint density at radius 2 is 0.429 bits per heavy atom. The highest BCUT2D eigenvalue weighted by atomic mass is 16.8. The van der Waals surface area contributed by atoms with E-state index in [1.165, 1.54) is 6.92 Å². The normalized spacial score (nSPS) is 49.6. The molecule has 37 N–H and O–H groups in total. The molecule has 0 aromatic carbocycles. The Labute approximate surface area is 832 Å². The molecule has 12 saturated heterocycles. The summed E-state index contributed by atoms with van der Waals surface area (Å²) in [6.45, 7) is -7.52. The summed E-state index contributed by atoms with van der Waals surface area (Å²) >= 11 is 0. The highest BCUT2D eigenvalue weighted by Gasteiger charge is 2.64. The summed E-state index contributed by atoms with van der Waals surface area (Å²) in [5.74, 6) is -5.13. The third-order valence-corrected chi connectivity index (χ3v) is 27.0. The average molecular weight is 2150 g/mol. The van der Waals surface area contributed by atoms with Gasteiger partial charge in [-0.1, -0.05) is 0 Å². The molecule has 65 nitrogen and oxygen atoms in total. The van der Waals surface area contributed by atoms with Crippen molar-refractivity contribution in [2.75, 3.05) is 72.7 Å². The number of aliphatic hydroxyl groups excluding tert-OH is 32. The summed E-state index contributed by atoms with van der Waals surface area (Å²) < 4.78 is 140. The standard InChI is InChI=1S/C82H137N5O60/c1-18-40(102)52(114)57(119)76(127-18)125-16-33-65(48(110)35(71(124)128-33)83-19(2)97)139-73-37(85-21(4)99)49(111)64(31(14-95)135-73)142-80-61(123)68(145-82-70(56(118)45(107)28(11-92)134-82)147-75-39(87-23(6)101)50(112)62(30(13-94)137-75)140-77-58(120)53(115)42(104)25(8-89)130-77)66(143-72-36(84-20(3)98)47(109)41(103)24(7-88)129-72)34(138-80)17-126-81-69(55(117)44(106)27(10-91)133-81)146-74-38(86-22(5)100)51(113)63(32(15-96)136-74)141-79-60(122)67(46(108)29(12-93)132-79)144-78-59(121)54(116)43(105)26(9-90)131-78/h18,24-82,88-96,102-124H,7-17H2,1-6H3,(H,83,97)(H,84,98)(H,85,99)(H,86,100)(H,87,101)/t18-,24+,25+,26+,27+,28+,29+,30+,31+,32+,33+,34+,35+,36+,37+,38+,39+,40+,41+,42-,43-,44+,45+,46-,47+,48+,49+,50+,51+,52+,53-,54-,55-,56-,57-,58+,59+,60+,61-,62+,63+,64+,65+,66+,67-,68+,69-,70-,71+,72-,73-,74-,75-,76+,77-,78+,79-,80-,81-,82+/m0/s1. The molecule has 0 unspecified atom stereocenters. The van der Waals surface area contributed by atoms with Crippen LogP contribution in [0.1, 0.15) is 41.5 Å². The first-order valence-corrected chi connectivity index (χ1v) is 47.0. The van der Waals surface area contributed by atoms with Crippen LogP contribution in [-0.4, -0.2) is 634 Å². The fraction of sp³-hybridized carbons (Fsp3) is 0.939. The molecule has 12 heterocycles. The minimum atomic E-state index is -2.86. The molecule has 12 fully saturated rings. The van der Waals surface area contributed by atoms with Crippen LogP contribution in [0.4, 0.5) is 0 Å². The maximum atomic E-state index is 13.6. The predicted octanol–water partition coefficient (Wildman–Crippen LogP) is -25.4. The van der Waals surface area contributed by atoms with E-state index in [0.29, 0.717) is 0 Å². The van der Waals surface area contributed by atoms with Crippen molar-refractivity contribution >= 4 is 29.5 Å². The van der Waals surface area contributed by atoms with Gasteiger partial charge in [0.2, 0.25) is 29.5 Å². The lowest BCUT2D eigenvalue weighted by Gasteiger charge is -2.52. The number of ether oxygens (including phenoxy) is 23. The Balaban J connectivity index is 0.942. The zero-order chi connectivity index (χ0) is 108. The summed E-state index contributed by atoms with van der Waals surface area (Å²) in [6, 6.07) is -10.3. The maximum Gasteiger partial charge on any atom is 0.217 e. The minimum absolute atomic E-state index is 0.871. The van der Waals surface area contributed by atoms with Gasteiger partial charge in [0.25, 0.3) is 0 Å². The Bertz CT molecular complexity index is 4110. The van der Waals surface area contributed by atoms with Crippen LogP contribution in [0.3, 0.4) is 0 Å². The Morgan fingerprint density at radius 1 is 0.190 bits per heavy atom. The number of carbonyl (C=O) groups is 5. The third-order valence-electron chi connectivity index (χ3n) is 27.0. The van der Waals surface area contributed by atoms with Crippen LogP contribution in [0.2, 0.25) is 0 Å². The molecule has 0 aromatic rings. The highest BCUT2D eigenvalue weighted by molar-refractivity contribution is 5.75. The summed E-state index contributed by atoms with van der Waals surface area (Å²) in [6.07, 6.45) is -121. The quantitative estimate of drug-likeness (QED) is 0.0273. The lowest BCUT2D eigenvalue weighted by Crippen LogP contribution is -2.72. The van der Waals surface area contributed by atoms with Crippen LogP contribution in [0.25, 0.3) is 0 Å². The van der Waals surface area contributed by atoms with Gasteiger partial charge < -0.3 is 299 Å².